The second-order valence-corrected chi connectivity index (χ2v) is 6.12. The van der Waals surface area contributed by atoms with Gasteiger partial charge in [0, 0.05) is 26.0 Å². The maximum atomic E-state index is 12.5. The Hall–Kier alpha value is -2.98. The lowest BCUT2D eigenvalue weighted by Crippen LogP contribution is -2.30. The highest BCUT2D eigenvalue weighted by Crippen LogP contribution is 2.25. The van der Waals surface area contributed by atoms with Crippen LogP contribution in [0.3, 0.4) is 0 Å². The predicted octanol–water partition coefficient (Wildman–Crippen LogP) is 3.85. The molecule has 2 aromatic carbocycles. The fourth-order valence-corrected chi connectivity index (χ4v) is 2.76. The second kappa shape index (κ2) is 8.92. The van der Waals surface area contributed by atoms with Crippen molar-refractivity contribution in [1.29, 1.82) is 0 Å². The van der Waals surface area contributed by atoms with E-state index in [1.54, 1.807) is 24.3 Å². The normalized spacial score (nSPS) is 10.7. The van der Waals surface area contributed by atoms with E-state index in [0.29, 0.717) is 6.54 Å². The number of carbonyl (C=O) groups excluding carboxylic acids is 1. The van der Waals surface area contributed by atoms with Crippen LogP contribution in [0.25, 0.3) is 0 Å². The number of carbonyl (C=O) groups is 1. The summed E-state index contributed by atoms with van der Waals surface area (Å²) in [6.45, 7) is 0.530. The Morgan fingerprint density at radius 1 is 0.962 bits per heavy atom. The van der Waals surface area contributed by atoms with Crippen molar-refractivity contribution in [2.24, 2.45) is 0 Å². The standard InChI is InChI=1S/C22H22N2O2/c1-24(16-18-9-8-14-23-15-18)21(25)17-26-22(19-10-4-2-5-11-19)20-12-6-3-7-13-20/h2-15,22H,16-17H2,1H3. The molecule has 0 aliphatic rings. The van der Waals surface area contributed by atoms with Gasteiger partial charge in [-0.25, -0.2) is 0 Å². The molecule has 0 N–H and O–H groups in total. The Kier molecular flexibility index (Phi) is 6.12. The number of nitrogens with zero attached hydrogens (tertiary/aromatic N) is 2. The quantitative estimate of drug-likeness (QED) is 0.653. The number of benzene rings is 2. The first-order valence-corrected chi connectivity index (χ1v) is 8.58. The fraction of sp³-hybridized carbons (Fsp3) is 0.182. The lowest BCUT2D eigenvalue weighted by Gasteiger charge is -2.22. The zero-order chi connectivity index (χ0) is 18.2. The van der Waals surface area contributed by atoms with Gasteiger partial charge in [0.25, 0.3) is 0 Å². The average Bonchev–Trinajstić information content (AvgIpc) is 2.70. The largest absolute Gasteiger partial charge is 0.359 e. The molecule has 132 valence electrons. The molecule has 0 aliphatic carbocycles. The van der Waals surface area contributed by atoms with E-state index < -0.39 is 0 Å². The maximum Gasteiger partial charge on any atom is 0.248 e. The number of hydrogen-bond donors (Lipinski definition) is 0. The summed E-state index contributed by atoms with van der Waals surface area (Å²) in [5.41, 5.74) is 3.05. The van der Waals surface area contributed by atoms with Crippen molar-refractivity contribution in [3.05, 3.63) is 102 Å². The summed E-state index contributed by atoms with van der Waals surface area (Å²) in [4.78, 5) is 18.2. The summed E-state index contributed by atoms with van der Waals surface area (Å²) >= 11 is 0. The summed E-state index contributed by atoms with van der Waals surface area (Å²) in [7, 11) is 1.78. The molecular weight excluding hydrogens is 324 g/mol. The van der Waals surface area contributed by atoms with Gasteiger partial charge in [0.05, 0.1) is 0 Å². The van der Waals surface area contributed by atoms with Gasteiger partial charge >= 0.3 is 0 Å². The zero-order valence-corrected chi connectivity index (χ0v) is 14.8. The van der Waals surface area contributed by atoms with Crippen LogP contribution < -0.4 is 0 Å². The highest BCUT2D eigenvalue weighted by molar-refractivity contribution is 5.77. The first-order chi connectivity index (χ1) is 12.7. The summed E-state index contributed by atoms with van der Waals surface area (Å²) in [6, 6.07) is 23.7. The number of hydrogen-bond acceptors (Lipinski definition) is 3. The van der Waals surface area contributed by atoms with E-state index in [2.05, 4.69) is 4.98 Å². The van der Waals surface area contributed by atoms with E-state index in [1.165, 1.54) is 0 Å². The number of rotatable bonds is 7. The third kappa shape index (κ3) is 4.77. The van der Waals surface area contributed by atoms with Gasteiger partial charge in [0.2, 0.25) is 5.91 Å². The lowest BCUT2D eigenvalue weighted by molar-refractivity contribution is -0.136. The molecule has 3 rings (SSSR count). The monoisotopic (exact) mass is 346 g/mol. The Balaban J connectivity index is 1.67. The van der Waals surface area contributed by atoms with Gasteiger partial charge in [-0.15, -0.1) is 0 Å². The van der Waals surface area contributed by atoms with E-state index in [-0.39, 0.29) is 18.6 Å². The van der Waals surface area contributed by atoms with Crippen molar-refractivity contribution >= 4 is 5.91 Å². The minimum absolute atomic E-state index is 0.0191. The van der Waals surface area contributed by atoms with Crippen LogP contribution in [0.1, 0.15) is 22.8 Å². The van der Waals surface area contributed by atoms with Crippen molar-refractivity contribution in [3.63, 3.8) is 0 Å². The smallest absolute Gasteiger partial charge is 0.248 e. The van der Waals surface area contributed by atoms with Crippen LogP contribution in [-0.4, -0.2) is 29.4 Å². The molecule has 0 atom stereocenters. The van der Waals surface area contributed by atoms with Crippen molar-refractivity contribution in [2.45, 2.75) is 12.6 Å². The van der Waals surface area contributed by atoms with Crippen LogP contribution in [0.4, 0.5) is 0 Å². The SMILES string of the molecule is CN(Cc1cccnc1)C(=O)COC(c1ccccc1)c1ccccc1. The maximum absolute atomic E-state index is 12.5. The average molecular weight is 346 g/mol. The predicted molar refractivity (Wildman–Crippen MR) is 101 cm³/mol. The first-order valence-electron chi connectivity index (χ1n) is 8.58. The number of amides is 1. The zero-order valence-electron chi connectivity index (χ0n) is 14.8. The molecule has 0 spiro atoms. The molecule has 0 fully saturated rings. The molecule has 0 saturated heterocycles. The van der Waals surface area contributed by atoms with E-state index in [4.69, 9.17) is 4.74 Å². The molecule has 4 nitrogen and oxygen atoms in total. The Bertz CT molecular complexity index is 768. The van der Waals surface area contributed by atoms with Crippen LogP contribution >= 0.6 is 0 Å². The van der Waals surface area contributed by atoms with Gasteiger partial charge in [-0.05, 0) is 22.8 Å². The third-order valence-corrected chi connectivity index (χ3v) is 4.15. The number of likely N-dealkylation sites (N-methyl/N-ethyl adjacent to an activating group) is 1. The molecule has 26 heavy (non-hydrogen) atoms. The van der Waals surface area contributed by atoms with Crippen molar-refractivity contribution < 1.29 is 9.53 Å². The molecule has 0 unspecified atom stereocenters. The van der Waals surface area contributed by atoms with Gasteiger partial charge in [0.1, 0.15) is 12.7 Å². The van der Waals surface area contributed by atoms with Gasteiger partial charge in [-0.2, -0.15) is 0 Å². The molecule has 0 radical (unpaired) electrons. The molecule has 1 aromatic heterocycles. The molecule has 0 saturated carbocycles. The highest BCUT2D eigenvalue weighted by Gasteiger charge is 2.17. The van der Waals surface area contributed by atoms with Gasteiger partial charge in [0.15, 0.2) is 0 Å². The first kappa shape index (κ1) is 17.8. The van der Waals surface area contributed by atoms with Crippen LogP contribution in [0, 0.1) is 0 Å². The molecular formula is C22H22N2O2. The van der Waals surface area contributed by atoms with Crippen LogP contribution in [0.2, 0.25) is 0 Å². The molecule has 3 aromatic rings. The van der Waals surface area contributed by atoms with Gasteiger partial charge in [-0.3, -0.25) is 9.78 Å². The molecule has 0 aliphatic heterocycles. The lowest BCUT2D eigenvalue weighted by atomic mass is 10.0. The Labute approximate surface area is 154 Å². The second-order valence-electron chi connectivity index (χ2n) is 6.12. The van der Waals surface area contributed by atoms with E-state index in [9.17, 15) is 4.79 Å². The summed E-state index contributed by atoms with van der Waals surface area (Å²) in [5.74, 6) is -0.0642. The fourth-order valence-electron chi connectivity index (χ4n) is 2.76. The number of aromatic nitrogens is 1. The van der Waals surface area contributed by atoms with Crippen LogP contribution in [0.15, 0.2) is 85.2 Å². The van der Waals surface area contributed by atoms with Gasteiger partial charge < -0.3 is 9.64 Å². The van der Waals surface area contributed by atoms with E-state index in [1.807, 2.05) is 72.8 Å². The summed E-state index contributed by atoms with van der Waals surface area (Å²) in [5, 5.41) is 0. The highest BCUT2D eigenvalue weighted by atomic mass is 16.5. The van der Waals surface area contributed by atoms with Crippen LogP contribution in [-0.2, 0) is 16.1 Å². The third-order valence-electron chi connectivity index (χ3n) is 4.15. The van der Waals surface area contributed by atoms with E-state index >= 15 is 0 Å². The molecule has 0 bridgehead atoms. The number of ether oxygens (including phenoxy) is 1. The molecule has 1 heterocycles. The minimum atomic E-state index is -0.270. The van der Waals surface area contributed by atoms with Crippen molar-refractivity contribution in [1.82, 2.24) is 9.88 Å². The number of pyridine rings is 1. The Morgan fingerprint density at radius 2 is 1.58 bits per heavy atom. The minimum Gasteiger partial charge on any atom is -0.359 e. The molecule has 4 heteroatoms. The van der Waals surface area contributed by atoms with Crippen molar-refractivity contribution in [3.8, 4) is 0 Å². The van der Waals surface area contributed by atoms with E-state index in [0.717, 1.165) is 16.7 Å². The summed E-state index contributed by atoms with van der Waals surface area (Å²) in [6.07, 6.45) is 3.22. The Morgan fingerprint density at radius 3 is 2.12 bits per heavy atom. The topological polar surface area (TPSA) is 42.4 Å². The van der Waals surface area contributed by atoms with Crippen LogP contribution in [0.5, 0.6) is 0 Å². The summed E-state index contributed by atoms with van der Waals surface area (Å²) < 4.78 is 6.03. The molecule has 1 amide bonds. The van der Waals surface area contributed by atoms with Gasteiger partial charge in [-0.1, -0.05) is 66.7 Å². The van der Waals surface area contributed by atoms with Crippen molar-refractivity contribution in [2.75, 3.05) is 13.7 Å².